The van der Waals surface area contributed by atoms with Gasteiger partial charge in [-0.05, 0) is 57.8 Å². The molecule has 522 valence electrons. The SMILES string of the molecule is CCCCCC/C=C\C/C=C\CCCCCCCC(=O)OCCCCCCCCCCCCCCCCCCCCCCCCCCCCCCCCCCCC(=O)NC(CO)C(O)CCCCCCCCCCCCCCCCCCCCCCCC. The van der Waals surface area contributed by atoms with Gasteiger partial charge in [0.25, 0.3) is 0 Å². The van der Waals surface area contributed by atoms with Gasteiger partial charge in [-0.3, -0.25) is 9.59 Å². The Labute approximate surface area is 551 Å². The van der Waals surface area contributed by atoms with Gasteiger partial charge >= 0.3 is 5.97 Å². The number of allylic oxidation sites excluding steroid dienone is 4. The monoisotopic (exact) mass is 1240 g/mol. The Bertz CT molecular complexity index is 1380. The predicted octanol–water partition coefficient (Wildman–Crippen LogP) is 26.8. The number of aliphatic hydroxyl groups is 2. The van der Waals surface area contributed by atoms with Crippen LogP contribution < -0.4 is 5.32 Å². The number of hydrogen-bond acceptors (Lipinski definition) is 5. The molecule has 0 spiro atoms. The summed E-state index contributed by atoms with van der Waals surface area (Å²) < 4.78 is 5.50. The Morgan fingerprint density at radius 2 is 0.568 bits per heavy atom. The van der Waals surface area contributed by atoms with Gasteiger partial charge in [0, 0.05) is 12.8 Å². The van der Waals surface area contributed by atoms with Gasteiger partial charge in [-0.25, -0.2) is 0 Å². The maximum Gasteiger partial charge on any atom is 0.305 e. The van der Waals surface area contributed by atoms with Crippen molar-refractivity contribution in [1.29, 1.82) is 0 Å². The van der Waals surface area contributed by atoms with Crippen LogP contribution in [-0.4, -0.2) is 47.4 Å². The molecule has 0 heterocycles. The molecule has 1 amide bonds. The molecule has 0 saturated heterocycles. The fourth-order valence-corrected chi connectivity index (χ4v) is 13.1. The zero-order chi connectivity index (χ0) is 63.5. The third-order valence-corrected chi connectivity index (χ3v) is 19.3. The zero-order valence-corrected chi connectivity index (χ0v) is 60.0. The third kappa shape index (κ3) is 73.4. The van der Waals surface area contributed by atoms with Gasteiger partial charge in [0.1, 0.15) is 0 Å². The fraction of sp³-hybridized carbons (Fsp3) is 0.927. The highest BCUT2D eigenvalue weighted by Gasteiger charge is 2.20. The first-order valence-electron chi connectivity index (χ1n) is 40.6. The Morgan fingerprint density at radius 3 is 0.875 bits per heavy atom. The molecule has 0 aromatic heterocycles. The molecule has 6 heteroatoms. The van der Waals surface area contributed by atoms with E-state index < -0.39 is 12.1 Å². The number of carbonyl (C=O) groups is 2. The number of esters is 1. The molecule has 3 N–H and O–H groups in total. The fourth-order valence-electron chi connectivity index (χ4n) is 13.1. The lowest BCUT2D eigenvalue weighted by atomic mass is 10.0. The van der Waals surface area contributed by atoms with Crippen LogP contribution >= 0.6 is 0 Å². The van der Waals surface area contributed by atoms with E-state index in [2.05, 4.69) is 43.5 Å². The standard InChI is InChI=1S/C82H159NO5/c1-3-5-7-9-11-13-15-17-19-21-22-23-37-40-43-46-50-54-58-62-66-70-74-80(85)79(78-84)83-81(86)75-71-67-63-59-55-51-47-44-41-38-35-33-31-29-27-25-24-26-28-30-32-34-36-39-42-45-49-53-57-61-65-69-73-77-88-82(87)76-72-68-64-60-56-52-48-20-18-16-14-12-10-8-6-4-2/h14,16,20,48,79-80,84-85H,3-13,15,17-19,21-47,49-78H2,1-2H3,(H,83,86)/b16-14-,48-20-. The summed E-state index contributed by atoms with van der Waals surface area (Å²) in [6, 6.07) is -0.539. The highest BCUT2D eigenvalue weighted by Crippen LogP contribution is 2.20. The maximum atomic E-state index is 12.6. The molecule has 0 aliphatic heterocycles. The van der Waals surface area contributed by atoms with Crippen molar-refractivity contribution in [2.45, 2.75) is 475 Å². The lowest BCUT2D eigenvalue weighted by Crippen LogP contribution is -2.45. The minimum atomic E-state index is -0.662. The number of rotatable bonds is 77. The van der Waals surface area contributed by atoms with Gasteiger partial charge in [0.2, 0.25) is 5.91 Å². The summed E-state index contributed by atoms with van der Waals surface area (Å²) in [5.74, 6) is -0.0153. The molecule has 0 aromatic carbocycles. The first-order valence-corrected chi connectivity index (χ1v) is 40.6. The number of hydrogen-bond donors (Lipinski definition) is 3. The van der Waals surface area contributed by atoms with Gasteiger partial charge in [0.05, 0.1) is 25.4 Å². The first-order chi connectivity index (χ1) is 43.5. The smallest absolute Gasteiger partial charge is 0.305 e. The van der Waals surface area contributed by atoms with Crippen LogP contribution in [0.4, 0.5) is 0 Å². The average Bonchev–Trinajstić information content (AvgIpc) is 3.58. The quantitative estimate of drug-likeness (QED) is 0.0320. The highest BCUT2D eigenvalue weighted by atomic mass is 16.5. The van der Waals surface area contributed by atoms with Crippen LogP contribution in [0.2, 0.25) is 0 Å². The molecule has 0 radical (unpaired) electrons. The van der Waals surface area contributed by atoms with Gasteiger partial charge in [-0.2, -0.15) is 0 Å². The number of nitrogens with one attached hydrogen (secondary N) is 1. The minimum absolute atomic E-state index is 0.00922. The van der Waals surface area contributed by atoms with Crippen LogP contribution in [-0.2, 0) is 14.3 Å². The second-order valence-corrected chi connectivity index (χ2v) is 28.1. The molecule has 0 aliphatic rings. The topological polar surface area (TPSA) is 95.9 Å². The van der Waals surface area contributed by atoms with E-state index >= 15 is 0 Å². The van der Waals surface area contributed by atoms with Crippen molar-refractivity contribution in [2.24, 2.45) is 0 Å². The second kappa shape index (κ2) is 77.8. The van der Waals surface area contributed by atoms with Crippen LogP contribution in [0.15, 0.2) is 24.3 Å². The van der Waals surface area contributed by atoms with Crippen molar-refractivity contribution in [2.75, 3.05) is 13.2 Å². The molecule has 2 unspecified atom stereocenters. The summed E-state index contributed by atoms with van der Waals surface area (Å²) in [6.45, 7) is 4.98. The summed E-state index contributed by atoms with van der Waals surface area (Å²) in [6.07, 6.45) is 99.9. The lowest BCUT2D eigenvalue weighted by Gasteiger charge is -2.22. The van der Waals surface area contributed by atoms with E-state index in [1.54, 1.807) is 0 Å². The number of amides is 1. The van der Waals surface area contributed by atoms with E-state index in [1.165, 1.54) is 379 Å². The summed E-state index contributed by atoms with van der Waals surface area (Å²) in [5, 5.41) is 23.5. The highest BCUT2D eigenvalue weighted by molar-refractivity contribution is 5.76. The molecule has 0 aliphatic carbocycles. The van der Waals surface area contributed by atoms with E-state index in [4.69, 9.17) is 4.74 Å². The predicted molar refractivity (Wildman–Crippen MR) is 389 cm³/mol. The van der Waals surface area contributed by atoms with Gasteiger partial charge < -0.3 is 20.3 Å². The van der Waals surface area contributed by atoms with E-state index in [-0.39, 0.29) is 18.5 Å². The number of aliphatic hydroxyl groups excluding tert-OH is 2. The lowest BCUT2D eigenvalue weighted by molar-refractivity contribution is -0.143. The molecule has 0 fully saturated rings. The second-order valence-electron chi connectivity index (χ2n) is 28.1. The van der Waals surface area contributed by atoms with Crippen molar-refractivity contribution in [3.05, 3.63) is 24.3 Å². The Morgan fingerprint density at radius 1 is 0.318 bits per heavy atom. The molecule has 0 aromatic rings. The first kappa shape index (κ1) is 86.3. The van der Waals surface area contributed by atoms with Crippen LogP contribution in [0, 0.1) is 0 Å². The molecule has 0 saturated carbocycles. The van der Waals surface area contributed by atoms with Gasteiger partial charge in [-0.1, -0.05) is 417 Å². The van der Waals surface area contributed by atoms with E-state index in [0.29, 0.717) is 25.9 Å². The third-order valence-electron chi connectivity index (χ3n) is 19.3. The van der Waals surface area contributed by atoms with Gasteiger partial charge in [-0.15, -0.1) is 0 Å². The number of ether oxygens (including phenoxy) is 1. The summed E-state index contributed by atoms with van der Waals surface area (Å²) >= 11 is 0. The van der Waals surface area contributed by atoms with Crippen LogP contribution in [0.5, 0.6) is 0 Å². The molecule has 88 heavy (non-hydrogen) atoms. The summed E-state index contributed by atoms with van der Waals surface area (Å²) in [4.78, 5) is 24.7. The summed E-state index contributed by atoms with van der Waals surface area (Å²) in [5.41, 5.74) is 0. The van der Waals surface area contributed by atoms with Crippen molar-refractivity contribution >= 4 is 11.9 Å². The number of unbranched alkanes of at least 4 members (excludes halogenated alkanes) is 62. The van der Waals surface area contributed by atoms with E-state index in [9.17, 15) is 19.8 Å². The molecular weight excluding hydrogens is 1080 g/mol. The van der Waals surface area contributed by atoms with Crippen LogP contribution in [0.25, 0.3) is 0 Å². The Kier molecular flexibility index (Phi) is 76.3. The van der Waals surface area contributed by atoms with Crippen molar-refractivity contribution in [1.82, 2.24) is 5.32 Å². The average molecular weight is 1240 g/mol. The van der Waals surface area contributed by atoms with Crippen LogP contribution in [0.3, 0.4) is 0 Å². The number of carbonyl (C=O) groups excluding carboxylic acids is 2. The molecule has 6 nitrogen and oxygen atoms in total. The normalized spacial score (nSPS) is 12.5. The Balaban J connectivity index is 3.32. The maximum absolute atomic E-state index is 12.6. The van der Waals surface area contributed by atoms with Crippen molar-refractivity contribution in [3.8, 4) is 0 Å². The minimum Gasteiger partial charge on any atom is -0.466 e. The zero-order valence-electron chi connectivity index (χ0n) is 60.0. The van der Waals surface area contributed by atoms with Crippen molar-refractivity contribution < 1.29 is 24.5 Å². The Hall–Kier alpha value is -1.66. The molecule has 0 rings (SSSR count). The van der Waals surface area contributed by atoms with E-state index in [0.717, 1.165) is 51.4 Å². The van der Waals surface area contributed by atoms with Crippen molar-refractivity contribution in [3.63, 3.8) is 0 Å². The molecular formula is C82H159NO5. The van der Waals surface area contributed by atoms with Gasteiger partial charge in [0.15, 0.2) is 0 Å². The van der Waals surface area contributed by atoms with Crippen LogP contribution in [0.1, 0.15) is 463 Å². The summed E-state index contributed by atoms with van der Waals surface area (Å²) in [7, 11) is 0. The molecule has 2 atom stereocenters. The van der Waals surface area contributed by atoms with E-state index in [1.807, 2.05) is 0 Å². The largest absolute Gasteiger partial charge is 0.466 e. The molecule has 0 bridgehead atoms.